The number of nitrogens with zero attached hydrogens (tertiary/aromatic N) is 1. The van der Waals surface area contributed by atoms with Gasteiger partial charge in [-0.3, -0.25) is 24.0 Å². The van der Waals surface area contributed by atoms with Gasteiger partial charge in [0.15, 0.2) is 17.2 Å². The second-order valence-corrected chi connectivity index (χ2v) is 7.21. The number of carbonyl (C=O) groups excluding carboxylic acids is 4. The van der Waals surface area contributed by atoms with E-state index in [9.17, 15) is 29.1 Å². The van der Waals surface area contributed by atoms with Crippen molar-refractivity contribution < 1.29 is 29.0 Å². The smallest absolute Gasteiger partial charge is 0.305 e. The van der Waals surface area contributed by atoms with Crippen LogP contribution in [0, 0.1) is 0 Å². The summed E-state index contributed by atoms with van der Waals surface area (Å²) in [4.78, 5) is 60.7. The molecule has 0 spiro atoms. The molecule has 0 aliphatic carbocycles. The molecule has 0 aliphatic rings. The third-order valence-corrected chi connectivity index (χ3v) is 4.91. The fourth-order valence-corrected chi connectivity index (χ4v) is 3.09. The molecular weight excluding hydrogens is 430 g/mol. The molecular formula is C23H27N3O7. The lowest BCUT2D eigenvalue weighted by Crippen LogP contribution is -2.49. The molecule has 2 aromatic rings. The maximum Gasteiger partial charge on any atom is 0.305 e. The van der Waals surface area contributed by atoms with E-state index in [-0.39, 0.29) is 37.3 Å². The molecule has 10 heteroatoms. The molecule has 3 N–H and O–H groups in total. The Balaban J connectivity index is 2.17. The van der Waals surface area contributed by atoms with Crippen LogP contribution in [0.5, 0.6) is 5.75 Å². The molecule has 33 heavy (non-hydrogen) atoms. The van der Waals surface area contributed by atoms with Crippen LogP contribution in [0.4, 0.5) is 0 Å². The van der Waals surface area contributed by atoms with Crippen LogP contribution in [-0.4, -0.2) is 52.9 Å². The zero-order valence-electron chi connectivity index (χ0n) is 18.5. The summed E-state index contributed by atoms with van der Waals surface area (Å²) in [6, 6.07) is 8.96. The van der Waals surface area contributed by atoms with E-state index in [0.29, 0.717) is 6.54 Å². The van der Waals surface area contributed by atoms with E-state index in [1.54, 1.807) is 37.3 Å². The summed E-state index contributed by atoms with van der Waals surface area (Å²) < 4.78 is 5.87. The molecule has 0 fully saturated rings. The lowest BCUT2D eigenvalue weighted by molar-refractivity contribution is -0.141. The van der Waals surface area contributed by atoms with E-state index in [4.69, 9.17) is 0 Å². The quantitative estimate of drug-likeness (QED) is 0.418. The van der Waals surface area contributed by atoms with Gasteiger partial charge in [0, 0.05) is 31.6 Å². The van der Waals surface area contributed by atoms with Gasteiger partial charge in [-0.05, 0) is 12.5 Å². The number of hydrogen-bond donors (Lipinski definition) is 3. The van der Waals surface area contributed by atoms with E-state index in [1.807, 2.05) is 0 Å². The number of pyridine rings is 1. The highest BCUT2D eigenvalue weighted by Crippen LogP contribution is 2.13. The lowest BCUT2D eigenvalue weighted by atomic mass is 10.0. The van der Waals surface area contributed by atoms with Crippen molar-refractivity contribution in [1.29, 1.82) is 0 Å². The second kappa shape index (κ2) is 12.2. The monoisotopic (exact) mass is 457 g/mol. The van der Waals surface area contributed by atoms with Crippen LogP contribution in [0.25, 0.3) is 0 Å². The van der Waals surface area contributed by atoms with Gasteiger partial charge in [0.25, 0.3) is 5.91 Å². The Hall–Kier alpha value is -3.95. The zero-order chi connectivity index (χ0) is 24.4. The number of esters is 1. The molecule has 1 aromatic carbocycles. The second-order valence-electron chi connectivity index (χ2n) is 7.21. The minimum Gasteiger partial charge on any atom is -0.503 e. The predicted molar refractivity (Wildman–Crippen MR) is 119 cm³/mol. The number of ketones is 1. The number of Topliss-reactive ketones (excluding diaryl/α,β-unsaturated/α-hetero) is 1. The molecule has 0 bridgehead atoms. The number of nitrogens with one attached hydrogen (secondary N) is 2. The molecule has 1 heterocycles. The molecule has 0 saturated heterocycles. The number of carbonyl (C=O) groups is 4. The third kappa shape index (κ3) is 7.30. The average Bonchev–Trinajstić information content (AvgIpc) is 2.82. The van der Waals surface area contributed by atoms with Gasteiger partial charge in [0.1, 0.15) is 6.04 Å². The third-order valence-electron chi connectivity index (χ3n) is 4.91. The van der Waals surface area contributed by atoms with Crippen LogP contribution in [0.2, 0.25) is 0 Å². The fourth-order valence-electron chi connectivity index (χ4n) is 3.09. The van der Waals surface area contributed by atoms with Crippen LogP contribution in [-0.2, 0) is 32.1 Å². The van der Waals surface area contributed by atoms with Crippen molar-refractivity contribution in [1.82, 2.24) is 15.2 Å². The number of rotatable bonds is 11. The molecule has 1 aromatic heterocycles. The Bertz CT molecular complexity index is 1060. The Morgan fingerprint density at radius 1 is 1.09 bits per heavy atom. The molecule has 0 saturated carbocycles. The zero-order valence-corrected chi connectivity index (χ0v) is 18.5. The minimum atomic E-state index is -1.09. The summed E-state index contributed by atoms with van der Waals surface area (Å²) in [6.45, 7) is 1.71. The number of benzene rings is 1. The Labute approximate surface area is 190 Å². The largest absolute Gasteiger partial charge is 0.503 e. The van der Waals surface area contributed by atoms with Crippen molar-refractivity contribution in [3.63, 3.8) is 0 Å². The van der Waals surface area contributed by atoms with Gasteiger partial charge in [-0.2, -0.15) is 0 Å². The number of ether oxygens (including phenoxy) is 1. The van der Waals surface area contributed by atoms with Crippen molar-refractivity contribution in [3.05, 3.63) is 64.1 Å². The summed E-state index contributed by atoms with van der Waals surface area (Å²) >= 11 is 0. The van der Waals surface area contributed by atoms with Crippen molar-refractivity contribution in [2.45, 2.75) is 38.8 Å². The normalized spacial score (nSPS) is 11.3. The fraction of sp³-hybridized carbons (Fsp3) is 0.348. The number of methoxy groups -OCH3 is 1. The first-order chi connectivity index (χ1) is 15.8. The average molecular weight is 457 g/mol. The highest BCUT2D eigenvalue weighted by molar-refractivity contribution is 5.99. The number of aryl methyl sites for hydroxylation is 1. The van der Waals surface area contributed by atoms with E-state index >= 15 is 0 Å². The van der Waals surface area contributed by atoms with Crippen LogP contribution >= 0.6 is 0 Å². The molecule has 2 rings (SSSR count). The van der Waals surface area contributed by atoms with Gasteiger partial charge in [0.05, 0.1) is 20.1 Å². The van der Waals surface area contributed by atoms with E-state index in [2.05, 4.69) is 15.4 Å². The summed E-state index contributed by atoms with van der Waals surface area (Å²) in [5.41, 5.74) is -0.227. The van der Waals surface area contributed by atoms with Gasteiger partial charge in [-0.25, -0.2) is 0 Å². The first-order valence-electron chi connectivity index (χ1n) is 10.4. The maximum atomic E-state index is 12.9. The first kappa shape index (κ1) is 25.3. The Kier molecular flexibility index (Phi) is 9.34. The van der Waals surface area contributed by atoms with Crippen molar-refractivity contribution in [3.8, 4) is 5.75 Å². The molecule has 10 nitrogen and oxygen atoms in total. The summed E-state index contributed by atoms with van der Waals surface area (Å²) in [6.07, 6.45) is 1.29. The van der Waals surface area contributed by atoms with Crippen LogP contribution in [0.3, 0.4) is 0 Å². The Morgan fingerprint density at radius 2 is 1.79 bits per heavy atom. The lowest BCUT2D eigenvalue weighted by Gasteiger charge is -2.20. The van der Waals surface area contributed by atoms with Gasteiger partial charge in [-0.15, -0.1) is 0 Å². The number of hydrogen-bond acceptors (Lipinski definition) is 7. The van der Waals surface area contributed by atoms with Crippen molar-refractivity contribution >= 4 is 23.6 Å². The van der Waals surface area contributed by atoms with E-state index in [0.717, 1.165) is 11.6 Å². The number of amides is 2. The van der Waals surface area contributed by atoms with E-state index in [1.165, 1.54) is 17.9 Å². The molecule has 0 unspecified atom stereocenters. The van der Waals surface area contributed by atoms with E-state index < -0.39 is 35.0 Å². The van der Waals surface area contributed by atoms with Crippen LogP contribution in [0.1, 0.15) is 35.8 Å². The number of aromatic nitrogens is 1. The van der Waals surface area contributed by atoms with Crippen molar-refractivity contribution in [2.24, 2.45) is 0 Å². The minimum absolute atomic E-state index is 0.0939. The van der Waals surface area contributed by atoms with Crippen LogP contribution in [0.15, 0.2) is 47.4 Å². The van der Waals surface area contributed by atoms with Crippen LogP contribution < -0.4 is 16.1 Å². The molecule has 2 amide bonds. The number of aromatic hydroxyl groups is 1. The van der Waals surface area contributed by atoms with Gasteiger partial charge < -0.3 is 25.0 Å². The molecule has 1 atom stereocenters. The molecule has 176 valence electrons. The van der Waals surface area contributed by atoms with Gasteiger partial charge in [0.2, 0.25) is 11.3 Å². The maximum absolute atomic E-state index is 12.9. The molecule has 0 radical (unpaired) electrons. The van der Waals surface area contributed by atoms with Gasteiger partial charge in [-0.1, -0.05) is 30.3 Å². The topological polar surface area (TPSA) is 144 Å². The SMILES string of the molecule is CCn1ccc(=O)c(O)c1C(=O)N[C@@H](Cc1ccccc1)C(=O)NCC(=O)CCC(=O)OC. The highest BCUT2D eigenvalue weighted by Gasteiger charge is 2.26. The predicted octanol–water partition coefficient (Wildman–Crippen LogP) is 0.553. The summed E-state index contributed by atoms with van der Waals surface area (Å²) in [7, 11) is 1.22. The van der Waals surface area contributed by atoms with Gasteiger partial charge >= 0.3 is 5.97 Å². The Morgan fingerprint density at radius 3 is 2.42 bits per heavy atom. The summed E-state index contributed by atoms with van der Waals surface area (Å²) in [5.74, 6) is -3.05. The first-order valence-corrected chi connectivity index (χ1v) is 10.4. The standard InChI is InChI=1S/C23H27N3O7/c1-3-26-12-11-18(28)21(30)20(26)23(32)25-17(13-15-7-5-4-6-8-15)22(31)24-14-16(27)9-10-19(29)33-2/h4-8,11-12,17,30H,3,9-10,13-14H2,1-2H3,(H,24,31)(H,25,32)/t17-/m0/s1. The van der Waals surface area contributed by atoms with Crippen molar-refractivity contribution in [2.75, 3.05) is 13.7 Å². The highest BCUT2D eigenvalue weighted by atomic mass is 16.5. The molecule has 0 aliphatic heterocycles. The summed E-state index contributed by atoms with van der Waals surface area (Å²) in [5, 5.41) is 15.2.